The molecular formula is C11H10ClN3O4S. The molecule has 0 saturated heterocycles. The minimum atomic E-state index is -3.80. The molecular weight excluding hydrogens is 306 g/mol. The fourth-order valence-electron chi connectivity index (χ4n) is 1.46. The molecule has 7 nitrogen and oxygen atoms in total. The van der Waals surface area contributed by atoms with Crippen LogP contribution in [0, 0.1) is 0 Å². The molecule has 0 spiro atoms. The first-order valence-electron chi connectivity index (χ1n) is 5.34. The molecule has 2 aromatic rings. The molecule has 0 amide bonds. The molecule has 0 unspecified atom stereocenters. The summed E-state index contributed by atoms with van der Waals surface area (Å²) < 4.78 is 30.8. The lowest BCUT2D eigenvalue weighted by molar-refractivity contribution is 0.0601. The van der Waals surface area contributed by atoms with Crippen LogP contribution in [0.3, 0.4) is 0 Å². The lowest BCUT2D eigenvalue weighted by Crippen LogP contribution is -2.14. The van der Waals surface area contributed by atoms with Gasteiger partial charge < -0.3 is 4.74 Å². The van der Waals surface area contributed by atoms with Crippen molar-refractivity contribution < 1.29 is 17.9 Å². The van der Waals surface area contributed by atoms with Gasteiger partial charge in [-0.15, -0.1) is 0 Å². The number of esters is 1. The van der Waals surface area contributed by atoms with Gasteiger partial charge in [0.1, 0.15) is 0 Å². The number of methoxy groups -OCH3 is 1. The summed E-state index contributed by atoms with van der Waals surface area (Å²) in [6.45, 7) is 0. The number of aromatic amines is 1. The van der Waals surface area contributed by atoms with E-state index in [-0.39, 0.29) is 21.3 Å². The molecule has 1 aromatic carbocycles. The fourth-order valence-corrected chi connectivity index (χ4v) is 2.61. The first kappa shape index (κ1) is 14.4. The Labute approximate surface area is 120 Å². The highest BCUT2D eigenvalue weighted by Gasteiger charge is 2.17. The number of benzene rings is 1. The summed E-state index contributed by atoms with van der Waals surface area (Å²) in [4.78, 5) is 11.5. The monoisotopic (exact) mass is 315 g/mol. The number of rotatable bonds is 4. The highest BCUT2D eigenvalue weighted by Crippen LogP contribution is 2.23. The van der Waals surface area contributed by atoms with Crippen molar-refractivity contribution >= 4 is 33.3 Å². The van der Waals surface area contributed by atoms with Gasteiger partial charge in [-0.2, -0.15) is 13.5 Å². The summed E-state index contributed by atoms with van der Waals surface area (Å²) >= 11 is 5.85. The summed E-state index contributed by atoms with van der Waals surface area (Å²) in [5.74, 6) is -0.655. The maximum atomic E-state index is 12.0. The Morgan fingerprint density at radius 3 is 2.75 bits per heavy atom. The van der Waals surface area contributed by atoms with Crippen LogP contribution in [0.2, 0.25) is 5.02 Å². The SMILES string of the molecule is COC(=O)c1cc(NS(=O)(=O)c2ccn[nH]2)ccc1Cl. The van der Waals surface area contributed by atoms with Crippen LogP contribution in [0.5, 0.6) is 0 Å². The number of sulfonamides is 1. The van der Waals surface area contributed by atoms with E-state index < -0.39 is 16.0 Å². The van der Waals surface area contributed by atoms with Crippen LogP contribution in [0.1, 0.15) is 10.4 Å². The van der Waals surface area contributed by atoms with Gasteiger partial charge >= 0.3 is 5.97 Å². The van der Waals surface area contributed by atoms with Gasteiger partial charge in [0, 0.05) is 5.69 Å². The van der Waals surface area contributed by atoms with Gasteiger partial charge in [0.2, 0.25) is 0 Å². The van der Waals surface area contributed by atoms with E-state index in [9.17, 15) is 13.2 Å². The zero-order valence-corrected chi connectivity index (χ0v) is 11.8. The van der Waals surface area contributed by atoms with Crippen LogP contribution >= 0.6 is 11.6 Å². The Morgan fingerprint density at radius 2 is 2.15 bits per heavy atom. The summed E-state index contributed by atoms with van der Waals surface area (Å²) in [7, 11) is -2.59. The van der Waals surface area contributed by atoms with Gasteiger partial charge in [0.15, 0.2) is 5.03 Å². The first-order valence-corrected chi connectivity index (χ1v) is 7.20. The van der Waals surface area contributed by atoms with Crippen molar-refractivity contribution in [2.45, 2.75) is 5.03 Å². The lowest BCUT2D eigenvalue weighted by Gasteiger charge is -2.08. The molecule has 0 bridgehead atoms. The molecule has 9 heteroatoms. The van der Waals surface area contributed by atoms with E-state index in [0.29, 0.717) is 0 Å². The Balaban J connectivity index is 2.33. The second-order valence-corrected chi connectivity index (χ2v) is 5.77. The number of carbonyl (C=O) groups excluding carboxylic acids is 1. The van der Waals surface area contributed by atoms with Gasteiger partial charge in [-0.05, 0) is 24.3 Å². The van der Waals surface area contributed by atoms with Crippen LogP contribution < -0.4 is 4.72 Å². The molecule has 106 valence electrons. The predicted molar refractivity (Wildman–Crippen MR) is 72.2 cm³/mol. The number of halogens is 1. The number of anilines is 1. The van der Waals surface area contributed by atoms with Crippen LogP contribution in [-0.4, -0.2) is 31.7 Å². The molecule has 0 atom stereocenters. The summed E-state index contributed by atoms with van der Waals surface area (Å²) in [5, 5.41) is 5.98. The van der Waals surface area contributed by atoms with E-state index in [1.165, 1.54) is 37.6 Å². The Hall–Kier alpha value is -2.06. The maximum Gasteiger partial charge on any atom is 0.339 e. The molecule has 0 aliphatic rings. The Bertz CT molecular complexity index is 728. The largest absolute Gasteiger partial charge is 0.465 e. The standard InChI is InChI=1S/C11H10ClN3O4S/c1-19-11(16)8-6-7(2-3-9(8)12)15-20(17,18)10-4-5-13-14-10/h2-6,15H,1H3,(H,13,14). The molecule has 0 aliphatic heterocycles. The van der Waals surface area contributed by atoms with E-state index in [1.807, 2.05) is 0 Å². The Kier molecular flexibility index (Phi) is 3.96. The molecule has 0 radical (unpaired) electrons. The molecule has 1 heterocycles. The number of hydrogen-bond acceptors (Lipinski definition) is 5. The minimum Gasteiger partial charge on any atom is -0.465 e. The lowest BCUT2D eigenvalue weighted by atomic mass is 10.2. The molecule has 2 N–H and O–H groups in total. The zero-order valence-electron chi connectivity index (χ0n) is 10.3. The molecule has 0 saturated carbocycles. The molecule has 1 aromatic heterocycles. The fraction of sp³-hybridized carbons (Fsp3) is 0.0909. The molecule has 2 rings (SSSR count). The average molecular weight is 316 g/mol. The van der Waals surface area contributed by atoms with E-state index >= 15 is 0 Å². The number of H-pyrrole nitrogens is 1. The third-order valence-corrected chi connectivity index (χ3v) is 4.03. The molecule has 0 fully saturated rings. The summed E-state index contributed by atoms with van der Waals surface area (Å²) in [5.41, 5.74) is 0.253. The van der Waals surface area contributed by atoms with Gasteiger partial charge in [0.25, 0.3) is 10.0 Å². The van der Waals surface area contributed by atoms with E-state index in [1.54, 1.807) is 0 Å². The van der Waals surface area contributed by atoms with Crippen LogP contribution in [0.4, 0.5) is 5.69 Å². The smallest absolute Gasteiger partial charge is 0.339 e. The van der Waals surface area contributed by atoms with Gasteiger partial charge in [-0.25, -0.2) is 4.79 Å². The second kappa shape index (κ2) is 5.51. The average Bonchev–Trinajstić information content (AvgIpc) is 2.94. The van der Waals surface area contributed by atoms with Crippen LogP contribution in [-0.2, 0) is 14.8 Å². The molecule has 20 heavy (non-hydrogen) atoms. The Morgan fingerprint density at radius 1 is 1.40 bits per heavy atom. The van der Waals surface area contributed by atoms with E-state index in [0.717, 1.165) is 0 Å². The zero-order chi connectivity index (χ0) is 14.8. The normalized spacial score (nSPS) is 11.1. The number of hydrogen-bond donors (Lipinski definition) is 2. The summed E-state index contributed by atoms with van der Waals surface area (Å²) in [6, 6.07) is 5.43. The summed E-state index contributed by atoms with van der Waals surface area (Å²) in [6.07, 6.45) is 1.32. The molecule has 0 aliphatic carbocycles. The van der Waals surface area contributed by atoms with Crippen molar-refractivity contribution in [3.63, 3.8) is 0 Å². The van der Waals surface area contributed by atoms with Crippen molar-refractivity contribution in [2.75, 3.05) is 11.8 Å². The van der Waals surface area contributed by atoms with E-state index in [4.69, 9.17) is 11.6 Å². The van der Waals surface area contributed by atoms with Gasteiger partial charge in [-0.3, -0.25) is 9.82 Å². The van der Waals surface area contributed by atoms with Gasteiger partial charge in [0.05, 0.1) is 23.9 Å². The van der Waals surface area contributed by atoms with Crippen molar-refractivity contribution in [2.24, 2.45) is 0 Å². The number of ether oxygens (including phenoxy) is 1. The number of nitrogens with zero attached hydrogens (tertiary/aromatic N) is 1. The van der Waals surface area contributed by atoms with Crippen molar-refractivity contribution in [1.82, 2.24) is 10.2 Å². The minimum absolute atomic E-state index is 0.0685. The number of aromatic nitrogens is 2. The topological polar surface area (TPSA) is 101 Å². The quantitative estimate of drug-likeness (QED) is 0.835. The van der Waals surface area contributed by atoms with E-state index in [2.05, 4.69) is 19.7 Å². The third-order valence-electron chi connectivity index (χ3n) is 2.39. The third kappa shape index (κ3) is 2.91. The predicted octanol–water partition coefficient (Wildman–Crippen LogP) is 1.65. The number of carbonyl (C=O) groups is 1. The highest BCUT2D eigenvalue weighted by molar-refractivity contribution is 7.92. The van der Waals surface area contributed by atoms with Crippen molar-refractivity contribution in [3.8, 4) is 0 Å². The van der Waals surface area contributed by atoms with Crippen molar-refractivity contribution in [1.29, 1.82) is 0 Å². The second-order valence-electron chi connectivity index (χ2n) is 3.71. The van der Waals surface area contributed by atoms with Crippen molar-refractivity contribution in [3.05, 3.63) is 41.0 Å². The highest BCUT2D eigenvalue weighted by atomic mass is 35.5. The van der Waals surface area contributed by atoms with Gasteiger partial charge in [-0.1, -0.05) is 11.6 Å². The maximum absolute atomic E-state index is 12.0. The van der Waals surface area contributed by atoms with Crippen LogP contribution in [0.25, 0.3) is 0 Å². The van der Waals surface area contributed by atoms with Crippen LogP contribution in [0.15, 0.2) is 35.5 Å². The number of nitrogens with one attached hydrogen (secondary N) is 2. The first-order chi connectivity index (χ1) is 9.44.